The number of nitrogens with two attached hydrogens (primary N) is 1. The number of ketones is 1. The molecule has 1 aliphatic heterocycles. The zero-order chi connectivity index (χ0) is 28.8. The molecular weight excluding hydrogens is 517 g/mol. The summed E-state index contributed by atoms with van der Waals surface area (Å²) in [6.07, 6.45) is -0.510. The summed E-state index contributed by atoms with van der Waals surface area (Å²) in [5, 5.41) is 19.1. The van der Waals surface area contributed by atoms with Crippen LogP contribution in [0, 0.1) is 18.7 Å². The van der Waals surface area contributed by atoms with Crippen molar-refractivity contribution in [3.63, 3.8) is 0 Å². The first-order valence-electron chi connectivity index (χ1n) is 12.0. The Balaban J connectivity index is 1.69. The van der Waals surface area contributed by atoms with E-state index in [4.69, 9.17) is 15.1 Å². The fourth-order valence-electron chi connectivity index (χ4n) is 4.42. The molecule has 1 amide bonds. The molecule has 1 unspecified atom stereocenters. The first kappa shape index (κ1) is 27.6. The molecular formula is C24H28FN7O7. The minimum Gasteiger partial charge on any atom is -0.477 e. The number of anilines is 1. The molecule has 3 aromatic heterocycles. The zero-order valence-corrected chi connectivity index (χ0v) is 21.9. The normalized spacial score (nSPS) is 18.3. The number of nitrogens with one attached hydrogen (secondary N) is 1. The number of Topliss-reactive ketones (excluding diaryl/α,β-unsaturated/α-hetero) is 1. The minimum absolute atomic E-state index is 0.0494. The lowest BCUT2D eigenvalue weighted by Gasteiger charge is -2.27. The second kappa shape index (κ2) is 10.1. The van der Waals surface area contributed by atoms with E-state index in [-0.39, 0.29) is 47.1 Å². The maximum atomic E-state index is 15.4. The van der Waals surface area contributed by atoms with Gasteiger partial charge in [0.1, 0.15) is 16.9 Å². The van der Waals surface area contributed by atoms with Crippen LogP contribution in [0.25, 0.3) is 16.9 Å². The molecule has 0 saturated carbocycles. The number of ether oxygens (including phenoxy) is 1. The highest BCUT2D eigenvalue weighted by Gasteiger charge is 2.40. The van der Waals surface area contributed by atoms with Gasteiger partial charge < -0.3 is 25.8 Å². The predicted molar refractivity (Wildman–Crippen MR) is 134 cm³/mol. The van der Waals surface area contributed by atoms with E-state index in [1.165, 1.54) is 16.4 Å². The summed E-state index contributed by atoms with van der Waals surface area (Å²) in [6.45, 7) is 8.27. The van der Waals surface area contributed by atoms with Gasteiger partial charge in [-0.2, -0.15) is 0 Å². The minimum atomic E-state index is -1.52. The van der Waals surface area contributed by atoms with Gasteiger partial charge in [0.05, 0.1) is 23.5 Å². The quantitative estimate of drug-likeness (QED) is 0.404. The van der Waals surface area contributed by atoms with Gasteiger partial charge in [-0.25, -0.2) is 23.6 Å². The van der Waals surface area contributed by atoms with Crippen LogP contribution in [0.2, 0.25) is 0 Å². The topological polar surface area (TPSA) is 196 Å². The molecule has 3 atom stereocenters. The molecule has 4 N–H and O–H groups in total. The summed E-state index contributed by atoms with van der Waals surface area (Å²) in [5.41, 5.74) is 4.19. The van der Waals surface area contributed by atoms with Crippen LogP contribution in [0.3, 0.4) is 0 Å². The van der Waals surface area contributed by atoms with Gasteiger partial charge >= 0.3 is 12.1 Å². The number of nitrogens with zero attached hydrogens (tertiary/aromatic N) is 5. The summed E-state index contributed by atoms with van der Waals surface area (Å²) in [7, 11) is 0. The van der Waals surface area contributed by atoms with Crippen LogP contribution < -0.4 is 21.4 Å². The summed E-state index contributed by atoms with van der Waals surface area (Å²) in [5.74, 6) is -3.80. The van der Waals surface area contributed by atoms with Gasteiger partial charge in [0, 0.05) is 12.7 Å². The van der Waals surface area contributed by atoms with E-state index in [1.807, 2.05) is 0 Å². The number of carbonyl (C=O) groups is 3. The Kier molecular flexibility index (Phi) is 7.12. The maximum absolute atomic E-state index is 15.4. The van der Waals surface area contributed by atoms with Crippen LogP contribution in [0.1, 0.15) is 50.2 Å². The number of halogens is 1. The van der Waals surface area contributed by atoms with Crippen LogP contribution >= 0.6 is 0 Å². The number of carboxylic acids is 1. The predicted octanol–water partition coefficient (Wildman–Crippen LogP) is 1.51. The Morgan fingerprint density at radius 3 is 2.56 bits per heavy atom. The number of amides is 1. The van der Waals surface area contributed by atoms with Crippen molar-refractivity contribution in [3.8, 4) is 5.82 Å². The standard InChI is InChI=1S/C24H28FN7O7/c1-10(27-23(37)38-24(3,4)5)16(33)12-6-7-31(18(12)26)21-15(25)8-13-17(34)14(22(35)36)9-32(20(13)28-21)19-11(2)29-39-30-19/h8-10,12,18H,6-7,26H2,1-5H3,(H,27,37)(H,35,36)/t10-,12+,18?/m0/s1. The van der Waals surface area contributed by atoms with E-state index < -0.39 is 52.6 Å². The van der Waals surface area contributed by atoms with E-state index >= 15 is 4.39 Å². The van der Waals surface area contributed by atoms with Gasteiger partial charge in [-0.05, 0) is 52.3 Å². The molecule has 208 valence electrons. The van der Waals surface area contributed by atoms with Gasteiger partial charge in [0.15, 0.2) is 23.1 Å². The number of pyridine rings is 2. The zero-order valence-electron chi connectivity index (χ0n) is 21.9. The van der Waals surface area contributed by atoms with Gasteiger partial charge in [-0.3, -0.25) is 14.2 Å². The Labute approximate surface area is 220 Å². The Bertz CT molecular complexity index is 1530. The maximum Gasteiger partial charge on any atom is 0.408 e. The highest BCUT2D eigenvalue weighted by molar-refractivity contribution is 5.93. The molecule has 39 heavy (non-hydrogen) atoms. The number of carbonyl (C=O) groups excluding carboxylic acids is 2. The average Bonchev–Trinajstić information content (AvgIpc) is 3.42. The van der Waals surface area contributed by atoms with Crippen molar-refractivity contribution >= 4 is 34.7 Å². The van der Waals surface area contributed by atoms with Crippen LogP contribution in [-0.4, -0.2) is 67.2 Å². The van der Waals surface area contributed by atoms with E-state index in [2.05, 4.69) is 20.6 Å². The lowest BCUT2D eigenvalue weighted by molar-refractivity contribution is -0.124. The van der Waals surface area contributed by atoms with Crippen molar-refractivity contribution in [1.82, 2.24) is 25.2 Å². The van der Waals surface area contributed by atoms with Gasteiger partial charge in [0.25, 0.3) is 0 Å². The first-order valence-corrected chi connectivity index (χ1v) is 12.0. The average molecular weight is 546 g/mol. The number of hydrogen-bond acceptors (Lipinski definition) is 11. The molecule has 0 aromatic carbocycles. The molecule has 1 saturated heterocycles. The number of aromatic nitrogens is 4. The second-order valence-electron chi connectivity index (χ2n) is 10.2. The smallest absolute Gasteiger partial charge is 0.408 e. The molecule has 0 bridgehead atoms. The number of aromatic carboxylic acids is 1. The van der Waals surface area contributed by atoms with Crippen LogP contribution in [0.4, 0.5) is 15.0 Å². The van der Waals surface area contributed by atoms with Gasteiger partial charge in [-0.1, -0.05) is 5.16 Å². The number of carboxylic acid groups (broad SMARTS) is 1. The molecule has 1 fully saturated rings. The third-order valence-corrected chi connectivity index (χ3v) is 6.25. The van der Waals surface area contributed by atoms with Crippen molar-refractivity contribution in [2.45, 2.75) is 58.8 Å². The third-order valence-electron chi connectivity index (χ3n) is 6.25. The highest BCUT2D eigenvalue weighted by Crippen LogP contribution is 2.31. The van der Waals surface area contributed by atoms with E-state index in [1.54, 1.807) is 27.7 Å². The molecule has 14 nitrogen and oxygen atoms in total. The van der Waals surface area contributed by atoms with Gasteiger partial charge in [-0.15, -0.1) is 0 Å². The van der Waals surface area contributed by atoms with Crippen molar-refractivity contribution in [2.75, 3.05) is 11.4 Å². The molecule has 0 aliphatic carbocycles. The number of alkyl carbamates (subject to hydrolysis) is 1. The first-order chi connectivity index (χ1) is 18.2. The summed E-state index contributed by atoms with van der Waals surface area (Å²) in [4.78, 5) is 55.4. The lowest BCUT2D eigenvalue weighted by atomic mass is 9.96. The molecule has 0 radical (unpaired) electrons. The largest absolute Gasteiger partial charge is 0.477 e. The molecule has 15 heteroatoms. The summed E-state index contributed by atoms with van der Waals surface area (Å²) < 4.78 is 26.4. The number of rotatable bonds is 6. The van der Waals surface area contributed by atoms with E-state index in [9.17, 15) is 24.3 Å². The third kappa shape index (κ3) is 5.30. The Morgan fingerprint density at radius 2 is 1.97 bits per heavy atom. The Morgan fingerprint density at radius 1 is 1.28 bits per heavy atom. The fraction of sp³-hybridized carbons (Fsp3) is 0.458. The van der Waals surface area contributed by atoms with Crippen molar-refractivity contribution in [1.29, 1.82) is 0 Å². The van der Waals surface area contributed by atoms with Crippen LogP contribution in [-0.2, 0) is 9.53 Å². The SMILES string of the molecule is Cc1nonc1-n1cc(C(=O)O)c(=O)c2cc(F)c(N3CC[C@H](C(=O)[C@H](C)NC(=O)OC(C)(C)C)C3N)nc21. The van der Waals surface area contributed by atoms with Crippen molar-refractivity contribution in [3.05, 3.63) is 39.6 Å². The van der Waals surface area contributed by atoms with Crippen molar-refractivity contribution in [2.24, 2.45) is 11.7 Å². The molecule has 4 rings (SSSR count). The monoisotopic (exact) mass is 545 g/mol. The molecule has 1 aliphatic rings. The number of hydrogen-bond donors (Lipinski definition) is 3. The second-order valence-corrected chi connectivity index (χ2v) is 10.2. The number of fused-ring (bicyclic) bond motifs is 1. The van der Waals surface area contributed by atoms with E-state index in [0.717, 1.165) is 12.3 Å². The summed E-state index contributed by atoms with van der Waals surface area (Å²) in [6, 6.07) is -0.0483. The summed E-state index contributed by atoms with van der Waals surface area (Å²) >= 11 is 0. The van der Waals surface area contributed by atoms with Crippen LogP contribution in [0.5, 0.6) is 0 Å². The fourth-order valence-corrected chi connectivity index (χ4v) is 4.42. The van der Waals surface area contributed by atoms with Crippen LogP contribution in [0.15, 0.2) is 21.7 Å². The lowest BCUT2D eigenvalue weighted by Crippen LogP contribution is -2.49. The van der Waals surface area contributed by atoms with Gasteiger partial charge in [0.2, 0.25) is 11.2 Å². The number of aryl methyl sites for hydroxylation is 1. The van der Waals surface area contributed by atoms with E-state index in [0.29, 0.717) is 0 Å². The Hall–Kier alpha value is -4.40. The van der Waals surface area contributed by atoms with Crippen molar-refractivity contribution < 1.29 is 33.2 Å². The molecule has 0 spiro atoms. The molecule has 3 aromatic rings. The molecule has 4 heterocycles. The highest BCUT2D eigenvalue weighted by atomic mass is 19.1.